The van der Waals surface area contributed by atoms with E-state index < -0.39 is 42.8 Å². The molecule has 20 heavy (non-hydrogen) atoms. The van der Waals surface area contributed by atoms with Crippen LogP contribution in [0.2, 0.25) is 0 Å². The van der Waals surface area contributed by atoms with Crippen LogP contribution in [0.4, 0.5) is 5.82 Å². The van der Waals surface area contributed by atoms with Gasteiger partial charge in [0.15, 0.2) is 11.9 Å². The van der Waals surface area contributed by atoms with Crippen molar-refractivity contribution in [3.05, 3.63) is 12.0 Å². The lowest BCUT2D eigenvalue weighted by atomic mass is 10.1. The summed E-state index contributed by atoms with van der Waals surface area (Å²) in [6, 6.07) is 0. The number of imidazole rings is 1. The Hall–Kier alpha value is -2.01. The van der Waals surface area contributed by atoms with Crippen LogP contribution < -0.4 is 11.5 Å². The van der Waals surface area contributed by atoms with Crippen LogP contribution in [-0.2, 0) is 9.53 Å². The van der Waals surface area contributed by atoms with E-state index in [-0.39, 0.29) is 11.5 Å². The van der Waals surface area contributed by atoms with Gasteiger partial charge >= 0.3 is 0 Å². The average molecular weight is 286 g/mol. The monoisotopic (exact) mass is 286 g/mol. The number of carbonyl (C=O) groups is 2. The van der Waals surface area contributed by atoms with E-state index in [1.165, 1.54) is 0 Å². The van der Waals surface area contributed by atoms with E-state index in [1.54, 1.807) is 0 Å². The van der Waals surface area contributed by atoms with E-state index in [1.807, 2.05) is 0 Å². The molecule has 1 aromatic rings. The minimum absolute atomic E-state index is 0.233. The highest BCUT2D eigenvalue weighted by Gasteiger charge is 2.44. The summed E-state index contributed by atoms with van der Waals surface area (Å²) in [7, 11) is 0. The molecule has 1 aliphatic heterocycles. The number of amides is 1. The van der Waals surface area contributed by atoms with Gasteiger partial charge in [0.2, 0.25) is 0 Å². The molecule has 0 spiro atoms. The molecule has 1 amide bonds. The first kappa shape index (κ1) is 14.4. The first-order valence-electron chi connectivity index (χ1n) is 5.67. The minimum atomic E-state index is -1.37. The number of hydrogen-bond acceptors (Lipinski definition) is 8. The predicted molar refractivity (Wildman–Crippen MR) is 63.2 cm³/mol. The molecule has 0 aromatic carbocycles. The quantitative estimate of drug-likeness (QED) is 0.283. The Bertz CT molecular complexity index is 544. The van der Waals surface area contributed by atoms with Crippen LogP contribution >= 0.6 is 0 Å². The van der Waals surface area contributed by atoms with Gasteiger partial charge in [0.1, 0.15) is 24.1 Å². The second-order valence-electron chi connectivity index (χ2n) is 4.31. The number of rotatable bonds is 4. The molecule has 0 aliphatic carbocycles. The number of carbonyl (C=O) groups excluding carboxylic acids is 2. The molecule has 0 radical (unpaired) electrons. The van der Waals surface area contributed by atoms with Crippen molar-refractivity contribution >= 4 is 17.5 Å². The molecule has 1 fully saturated rings. The van der Waals surface area contributed by atoms with Gasteiger partial charge < -0.3 is 31.5 Å². The van der Waals surface area contributed by atoms with Crippen LogP contribution in [0.5, 0.6) is 0 Å². The standard InChI is InChI=1S/C10H14N4O6/c11-8-4(6(17)9(12)19)13-2-14(8)10-7(18)5(16)3(1-15)20-10/h2-3,5,7,10,15-16,18H,1,11H2,(H2,12,19)/t3-,5-,7-,10-/m1/s1. The number of nitrogen functional groups attached to an aromatic ring is 1. The summed E-state index contributed by atoms with van der Waals surface area (Å²) < 4.78 is 6.30. The van der Waals surface area contributed by atoms with Gasteiger partial charge in [0.05, 0.1) is 12.9 Å². The molecule has 110 valence electrons. The Labute approximate surface area is 112 Å². The lowest BCUT2D eigenvalue weighted by Crippen LogP contribution is -2.33. The fraction of sp³-hybridized carbons (Fsp3) is 0.500. The number of aliphatic hydroxyl groups is 3. The highest BCUT2D eigenvalue weighted by molar-refractivity contribution is 6.42. The summed E-state index contributed by atoms with van der Waals surface area (Å²) >= 11 is 0. The number of ketones is 1. The van der Waals surface area contributed by atoms with Crippen molar-refractivity contribution in [1.29, 1.82) is 0 Å². The van der Waals surface area contributed by atoms with Crippen molar-refractivity contribution < 1.29 is 29.6 Å². The molecule has 1 aliphatic rings. The maximum absolute atomic E-state index is 11.4. The number of Topliss-reactive ketones (excluding diaryl/α,β-unsaturated/α-hetero) is 1. The molecular formula is C10H14N4O6. The van der Waals surface area contributed by atoms with Gasteiger partial charge in [-0.15, -0.1) is 0 Å². The summed E-state index contributed by atoms with van der Waals surface area (Å²) in [6.07, 6.45) is -3.75. The Morgan fingerprint density at radius 3 is 2.55 bits per heavy atom. The van der Waals surface area contributed by atoms with Crippen molar-refractivity contribution in [1.82, 2.24) is 9.55 Å². The predicted octanol–water partition coefficient (Wildman–Crippen LogP) is -3.26. The number of primary amides is 1. The van der Waals surface area contributed by atoms with E-state index in [9.17, 15) is 19.8 Å². The third-order valence-electron chi connectivity index (χ3n) is 3.06. The molecule has 1 aromatic heterocycles. The SMILES string of the molecule is NC(=O)C(=O)c1ncn([C@@H]2O[C@H](CO)[C@@H](O)[C@H]2O)c1N. The van der Waals surface area contributed by atoms with Crippen LogP contribution in [0.15, 0.2) is 6.33 Å². The molecule has 0 unspecified atom stereocenters. The van der Waals surface area contributed by atoms with Crippen LogP contribution in [0.25, 0.3) is 0 Å². The van der Waals surface area contributed by atoms with Gasteiger partial charge in [-0.1, -0.05) is 0 Å². The van der Waals surface area contributed by atoms with Crippen LogP contribution in [0.1, 0.15) is 16.7 Å². The molecule has 10 nitrogen and oxygen atoms in total. The second kappa shape index (κ2) is 5.17. The zero-order valence-electron chi connectivity index (χ0n) is 10.2. The summed E-state index contributed by atoms with van der Waals surface area (Å²) in [5.74, 6) is -2.53. The first-order valence-corrected chi connectivity index (χ1v) is 5.67. The van der Waals surface area contributed by atoms with Crippen molar-refractivity contribution in [3.63, 3.8) is 0 Å². The van der Waals surface area contributed by atoms with Crippen molar-refractivity contribution in [2.75, 3.05) is 12.3 Å². The summed E-state index contributed by atoms with van der Waals surface area (Å²) in [5, 5.41) is 28.4. The minimum Gasteiger partial charge on any atom is -0.394 e. The van der Waals surface area contributed by atoms with Crippen LogP contribution in [-0.4, -0.2) is 61.5 Å². The third-order valence-corrected chi connectivity index (χ3v) is 3.06. The topological polar surface area (TPSA) is 174 Å². The Kier molecular flexibility index (Phi) is 3.72. The number of ether oxygens (including phenoxy) is 1. The smallest absolute Gasteiger partial charge is 0.291 e. The van der Waals surface area contributed by atoms with Crippen molar-refractivity contribution in [2.45, 2.75) is 24.5 Å². The van der Waals surface area contributed by atoms with Gasteiger partial charge in [0.25, 0.3) is 11.7 Å². The number of aliphatic hydroxyl groups excluding tert-OH is 3. The van der Waals surface area contributed by atoms with Gasteiger partial charge in [-0.05, 0) is 0 Å². The molecule has 7 N–H and O–H groups in total. The van der Waals surface area contributed by atoms with Gasteiger partial charge in [0, 0.05) is 0 Å². The second-order valence-corrected chi connectivity index (χ2v) is 4.31. The fourth-order valence-electron chi connectivity index (χ4n) is 1.97. The number of hydrogen-bond donors (Lipinski definition) is 5. The zero-order chi connectivity index (χ0) is 15.0. The van der Waals surface area contributed by atoms with Gasteiger partial charge in [-0.25, -0.2) is 4.98 Å². The average Bonchev–Trinajstić information content (AvgIpc) is 2.91. The van der Waals surface area contributed by atoms with E-state index in [2.05, 4.69) is 4.98 Å². The van der Waals surface area contributed by atoms with Crippen LogP contribution in [0, 0.1) is 0 Å². The zero-order valence-corrected chi connectivity index (χ0v) is 10.2. The number of aromatic nitrogens is 2. The largest absolute Gasteiger partial charge is 0.394 e. The Balaban J connectivity index is 2.31. The Morgan fingerprint density at radius 2 is 2.05 bits per heavy atom. The molecule has 4 atom stereocenters. The molecule has 1 saturated heterocycles. The molecule has 10 heteroatoms. The van der Waals surface area contributed by atoms with Crippen LogP contribution in [0.3, 0.4) is 0 Å². The molecule has 0 saturated carbocycles. The van der Waals surface area contributed by atoms with E-state index in [0.717, 1.165) is 10.9 Å². The molecule has 2 heterocycles. The maximum atomic E-state index is 11.4. The maximum Gasteiger partial charge on any atom is 0.291 e. The third kappa shape index (κ3) is 2.14. The summed E-state index contributed by atoms with van der Waals surface area (Å²) in [4.78, 5) is 25.9. The molecule has 0 bridgehead atoms. The molecular weight excluding hydrogens is 272 g/mol. The number of anilines is 1. The summed E-state index contributed by atoms with van der Waals surface area (Å²) in [6.45, 7) is -0.504. The number of nitrogens with two attached hydrogens (primary N) is 2. The van der Waals surface area contributed by atoms with Gasteiger partial charge in [-0.2, -0.15) is 0 Å². The highest BCUT2D eigenvalue weighted by Crippen LogP contribution is 2.31. The summed E-state index contributed by atoms with van der Waals surface area (Å²) in [5.41, 5.74) is 10.1. The van der Waals surface area contributed by atoms with Gasteiger partial charge in [-0.3, -0.25) is 14.2 Å². The highest BCUT2D eigenvalue weighted by atomic mass is 16.6. The normalized spacial score (nSPS) is 29.6. The lowest BCUT2D eigenvalue weighted by molar-refractivity contribution is -0.114. The number of nitrogens with zero attached hydrogens (tertiary/aromatic N) is 2. The van der Waals surface area contributed by atoms with E-state index >= 15 is 0 Å². The van der Waals surface area contributed by atoms with Crippen molar-refractivity contribution in [2.24, 2.45) is 5.73 Å². The first-order chi connectivity index (χ1) is 9.38. The fourth-order valence-corrected chi connectivity index (χ4v) is 1.97. The molecule has 2 rings (SSSR count). The Morgan fingerprint density at radius 1 is 1.40 bits per heavy atom. The van der Waals surface area contributed by atoms with E-state index in [0.29, 0.717) is 0 Å². The van der Waals surface area contributed by atoms with Crippen molar-refractivity contribution in [3.8, 4) is 0 Å². The lowest BCUT2D eigenvalue weighted by Gasteiger charge is -2.17. The van der Waals surface area contributed by atoms with E-state index in [4.69, 9.17) is 21.3 Å².